The predicted molar refractivity (Wildman–Crippen MR) is 107 cm³/mol. The van der Waals surface area contributed by atoms with Gasteiger partial charge in [-0.1, -0.05) is 25.5 Å². The number of benzene rings is 1. The molecular formula is C18H25NO4S3. The fourth-order valence-electron chi connectivity index (χ4n) is 2.50. The molecule has 0 aliphatic heterocycles. The Labute approximate surface area is 160 Å². The van der Waals surface area contributed by atoms with Crippen LogP contribution >= 0.6 is 11.3 Å². The van der Waals surface area contributed by atoms with Gasteiger partial charge in [-0.25, -0.2) is 21.6 Å². The van der Waals surface area contributed by atoms with E-state index >= 15 is 0 Å². The van der Waals surface area contributed by atoms with E-state index in [1.54, 1.807) is 35.7 Å². The van der Waals surface area contributed by atoms with Crippen molar-refractivity contribution >= 4 is 31.2 Å². The first kappa shape index (κ1) is 21.1. The predicted octanol–water partition coefficient (Wildman–Crippen LogP) is 3.60. The van der Waals surface area contributed by atoms with E-state index in [0.29, 0.717) is 11.3 Å². The van der Waals surface area contributed by atoms with Gasteiger partial charge >= 0.3 is 0 Å². The molecule has 2 rings (SSSR count). The van der Waals surface area contributed by atoms with Gasteiger partial charge < -0.3 is 0 Å². The van der Waals surface area contributed by atoms with Crippen molar-refractivity contribution in [3.8, 4) is 0 Å². The summed E-state index contributed by atoms with van der Waals surface area (Å²) in [5.74, 6) is 0.00431. The van der Waals surface area contributed by atoms with E-state index in [2.05, 4.69) is 4.72 Å². The molecule has 8 heteroatoms. The van der Waals surface area contributed by atoms with Crippen LogP contribution in [-0.2, 0) is 19.9 Å². The molecule has 1 heterocycles. The van der Waals surface area contributed by atoms with Crippen LogP contribution in [0.1, 0.15) is 41.0 Å². The highest BCUT2D eigenvalue weighted by Gasteiger charge is 2.31. The molecule has 26 heavy (non-hydrogen) atoms. The highest BCUT2D eigenvalue weighted by molar-refractivity contribution is 7.92. The third-order valence-corrected chi connectivity index (χ3v) is 8.95. The molecule has 1 N–H and O–H groups in total. The quantitative estimate of drug-likeness (QED) is 0.678. The fraction of sp³-hybridized carbons (Fsp3) is 0.444. The minimum Gasteiger partial charge on any atom is -0.223 e. The normalized spacial score (nSPS) is 13.7. The monoisotopic (exact) mass is 415 g/mol. The Morgan fingerprint density at radius 2 is 1.81 bits per heavy atom. The van der Waals surface area contributed by atoms with E-state index < -0.39 is 25.1 Å². The van der Waals surface area contributed by atoms with Gasteiger partial charge in [0.05, 0.1) is 10.6 Å². The summed E-state index contributed by atoms with van der Waals surface area (Å²) in [6.07, 6.45) is 1.30. The molecule has 0 unspecified atom stereocenters. The van der Waals surface area contributed by atoms with Gasteiger partial charge in [-0.05, 0) is 55.0 Å². The molecule has 0 aliphatic carbocycles. The first-order valence-electron chi connectivity index (χ1n) is 8.49. The Balaban J connectivity index is 2.34. The molecule has 1 aromatic carbocycles. The van der Waals surface area contributed by atoms with Crippen molar-refractivity contribution in [3.63, 3.8) is 0 Å². The Bertz CT molecular complexity index is 933. The fourth-order valence-corrected chi connectivity index (χ4v) is 6.71. The molecule has 0 fully saturated rings. The van der Waals surface area contributed by atoms with Crippen LogP contribution in [-0.4, -0.2) is 29.1 Å². The van der Waals surface area contributed by atoms with E-state index in [1.807, 2.05) is 20.8 Å². The average molecular weight is 416 g/mol. The van der Waals surface area contributed by atoms with E-state index in [1.165, 1.54) is 11.3 Å². The van der Waals surface area contributed by atoms with Gasteiger partial charge in [-0.3, -0.25) is 0 Å². The number of thiophene rings is 1. The number of hydrogen-bond donors (Lipinski definition) is 1. The zero-order valence-electron chi connectivity index (χ0n) is 15.2. The molecule has 1 atom stereocenters. The topological polar surface area (TPSA) is 80.3 Å². The van der Waals surface area contributed by atoms with Crippen molar-refractivity contribution in [2.75, 3.05) is 12.3 Å². The van der Waals surface area contributed by atoms with E-state index in [4.69, 9.17) is 0 Å². The summed E-state index contributed by atoms with van der Waals surface area (Å²) < 4.78 is 53.1. The average Bonchev–Trinajstić information content (AvgIpc) is 3.09. The Hall–Kier alpha value is -1.22. The lowest BCUT2D eigenvalue weighted by molar-refractivity contribution is 0.568. The minimum absolute atomic E-state index is 0.00431. The van der Waals surface area contributed by atoms with Crippen molar-refractivity contribution in [1.29, 1.82) is 0 Å². The van der Waals surface area contributed by atoms with Crippen LogP contribution in [0.25, 0.3) is 0 Å². The van der Waals surface area contributed by atoms with Crippen LogP contribution in [0.2, 0.25) is 0 Å². The van der Waals surface area contributed by atoms with Gasteiger partial charge in [0.1, 0.15) is 5.25 Å². The number of unbranched alkanes of at least 4 members (excludes halogenated alkanes) is 1. The molecule has 0 saturated carbocycles. The maximum absolute atomic E-state index is 13.2. The number of rotatable bonds is 9. The lowest BCUT2D eigenvalue weighted by Crippen LogP contribution is -2.33. The molecule has 144 valence electrons. The lowest BCUT2D eigenvalue weighted by Gasteiger charge is -2.18. The number of sulfonamides is 1. The zero-order chi connectivity index (χ0) is 19.4. The number of hydrogen-bond acceptors (Lipinski definition) is 5. The number of aryl methyl sites for hydroxylation is 2. The van der Waals surface area contributed by atoms with E-state index in [9.17, 15) is 16.8 Å². The summed E-state index contributed by atoms with van der Waals surface area (Å²) in [5.41, 5.74) is 1.90. The minimum atomic E-state index is -3.72. The van der Waals surface area contributed by atoms with Crippen LogP contribution in [0.3, 0.4) is 0 Å². The highest BCUT2D eigenvalue weighted by Crippen LogP contribution is 2.32. The van der Waals surface area contributed by atoms with Crippen LogP contribution < -0.4 is 4.72 Å². The second-order valence-corrected chi connectivity index (χ2v) is 11.4. The standard InChI is InChI=1S/C18H25NO4S3/c1-4-5-11-25(20,21)19-13-18(17-7-6-10-24-17)26(22,23)16-9-8-14(2)15(3)12-16/h6-10,12,18-19H,4-5,11,13H2,1-3H3/t18-/m1/s1. The maximum Gasteiger partial charge on any atom is 0.211 e. The largest absolute Gasteiger partial charge is 0.223 e. The van der Waals surface area contributed by atoms with Gasteiger partial charge in [-0.15, -0.1) is 11.3 Å². The molecule has 0 amide bonds. The van der Waals surface area contributed by atoms with Crippen molar-refractivity contribution in [1.82, 2.24) is 4.72 Å². The van der Waals surface area contributed by atoms with Crippen molar-refractivity contribution < 1.29 is 16.8 Å². The molecule has 0 saturated heterocycles. The lowest BCUT2D eigenvalue weighted by atomic mass is 10.1. The second kappa shape index (κ2) is 8.65. The van der Waals surface area contributed by atoms with Crippen molar-refractivity contribution in [3.05, 3.63) is 51.7 Å². The Morgan fingerprint density at radius 1 is 1.08 bits per heavy atom. The van der Waals surface area contributed by atoms with Gasteiger partial charge in [0, 0.05) is 11.4 Å². The number of sulfone groups is 1. The molecule has 0 spiro atoms. The molecule has 1 aromatic heterocycles. The van der Waals surface area contributed by atoms with E-state index in [0.717, 1.165) is 17.5 Å². The summed E-state index contributed by atoms with van der Waals surface area (Å²) in [6, 6.07) is 8.52. The summed E-state index contributed by atoms with van der Waals surface area (Å²) in [6.45, 7) is 5.53. The number of nitrogens with one attached hydrogen (secondary N) is 1. The first-order valence-corrected chi connectivity index (χ1v) is 12.6. The van der Waals surface area contributed by atoms with Gasteiger partial charge in [0.2, 0.25) is 10.0 Å². The molecule has 2 aromatic rings. The Kier molecular flexibility index (Phi) is 7.01. The van der Waals surface area contributed by atoms with Crippen LogP contribution in [0.5, 0.6) is 0 Å². The van der Waals surface area contributed by atoms with Crippen LogP contribution in [0.4, 0.5) is 0 Å². The van der Waals surface area contributed by atoms with Crippen molar-refractivity contribution in [2.45, 2.75) is 43.8 Å². The third-order valence-electron chi connectivity index (χ3n) is 4.30. The summed E-state index contributed by atoms with van der Waals surface area (Å²) in [4.78, 5) is 0.841. The molecule has 5 nitrogen and oxygen atoms in total. The Morgan fingerprint density at radius 3 is 2.38 bits per heavy atom. The summed E-state index contributed by atoms with van der Waals surface area (Å²) in [7, 11) is -7.22. The zero-order valence-corrected chi connectivity index (χ0v) is 17.7. The van der Waals surface area contributed by atoms with Crippen LogP contribution in [0.15, 0.2) is 40.6 Å². The van der Waals surface area contributed by atoms with Crippen molar-refractivity contribution in [2.24, 2.45) is 0 Å². The van der Waals surface area contributed by atoms with Gasteiger partial charge in [0.15, 0.2) is 9.84 Å². The van der Waals surface area contributed by atoms with Gasteiger partial charge in [0.25, 0.3) is 0 Å². The summed E-state index contributed by atoms with van der Waals surface area (Å²) >= 11 is 1.31. The molecule has 0 aliphatic rings. The first-order chi connectivity index (χ1) is 12.2. The smallest absolute Gasteiger partial charge is 0.211 e. The molecule has 0 bridgehead atoms. The maximum atomic E-state index is 13.2. The highest BCUT2D eigenvalue weighted by atomic mass is 32.2. The second-order valence-electron chi connectivity index (χ2n) is 6.32. The summed E-state index contributed by atoms with van der Waals surface area (Å²) in [5, 5.41) is 0.852. The van der Waals surface area contributed by atoms with E-state index in [-0.39, 0.29) is 17.2 Å². The third kappa shape index (κ3) is 5.16. The molecular weight excluding hydrogens is 390 g/mol. The molecule has 0 radical (unpaired) electrons. The SMILES string of the molecule is CCCCS(=O)(=O)NC[C@H](c1cccs1)S(=O)(=O)c1ccc(C)c(C)c1. The van der Waals surface area contributed by atoms with Gasteiger partial charge in [-0.2, -0.15) is 0 Å². The van der Waals surface area contributed by atoms with Crippen LogP contribution in [0, 0.1) is 13.8 Å².